The van der Waals surface area contributed by atoms with E-state index in [1.165, 1.54) is 0 Å². The molecule has 0 amide bonds. The van der Waals surface area contributed by atoms with Crippen LogP contribution >= 0.6 is 23.2 Å². The molecular weight excluding hydrogens is 441 g/mol. The highest BCUT2D eigenvalue weighted by molar-refractivity contribution is 6.35. The van der Waals surface area contributed by atoms with Crippen molar-refractivity contribution in [3.05, 3.63) is 99.1 Å². The highest BCUT2D eigenvalue weighted by Gasteiger charge is 2.09. The van der Waals surface area contributed by atoms with Crippen LogP contribution in [0, 0.1) is 13.8 Å². The highest BCUT2D eigenvalue weighted by atomic mass is 35.5. The number of pyridine rings is 3. The van der Waals surface area contributed by atoms with Crippen molar-refractivity contribution >= 4 is 45.6 Å². The van der Waals surface area contributed by atoms with E-state index < -0.39 is 0 Å². The van der Waals surface area contributed by atoms with E-state index >= 15 is 0 Å². The van der Waals surface area contributed by atoms with Crippen LogP contribution in [0.1, 0.15) is 33.6 Å². The van der Waals surface area contributed by atoms with Crippen LogP contribution in [0.5, 0.6) is 0 Å². The monoisotopic (exact) mass is 463 g/mol. The van der Waals surface area contributed by atoms with Gasteiger partial charge in [-0.15, -0.1) is 0 Å². The Morgan fingerprint density at radius 2 is 1.91 bits per heavy atom. The number of aryl methyl sites for hydroxylation is 2. The van der Waals surface area contributed by atoms with Crippen LogP contribution in [-0.2, 0) is 13.0 Å². The molecule has 0 fully saturated rings. The average molecular weight is 464 g/mol. The molecule has 4 aromatic rings. The second-order valence-corrected chi connectivity index (χ2v) is 8.62. The van der Waals surface area contributed by atoms with E-state index in [-0.39, 0.29) is 0 Å². The Labute approximate surface area is 197 Å². The third kappa shape index (κ3) is 4.85. The van der Waals surface area contributed by atoms with Crippen molar-refractivity contribution < 1.29 is 0 Å². The van der Waals surface area contributed by atoms with Crippen molar-refractivity contribution in [2.45, 2.75) is 26.8 Å². The summed E-state index contributed by atoms with van der Waals surface area (Å²) in [6, 6.07) is 11.7. The summed E-state index contributed by atoms with van der Waals surface area (Å²) < 4.78 is 0. The lowest BCUT2D eigenvalue weighted by Gasteiger charge is -2.14. The van der Waals surface area contributed by atoms with Gasteiger partial charge in [-0.1, -0.05) is 29.8 Å². The number of nitrogen functional groups attached to an aromatic ring is 1. The minimum absolute atomic E-state index is 0.535. The summed E-state index contributed by atoms with van der Waals surface area (Å²) in [4.78, 5) is 13.2. The number of benzene rings is 1. The molecule has 1 aromatic carbocycles. The third-order valence-electron chi connectivity index (χ3n) is 5.37. The maximum absolute atomic E-state index is 6.43. The number of aromatic nitrogens is 3. The zero-order chi connectivity index (χ0) is 22.8. The maximum atomic E-state index is 6.43. The fraction of sp³-hybridized carbons (Fsp3) is 0.160. The molecule has 0 spiro atoms. The Morgan fingerprint density at radius 3 is 2.69 bits per heavy atom. The second kappa shape index (κ2) is 9.15. The Balaban J connectivity index is 1.51. The Morgan fingerprint density at radius 1 is 1.09 bits per heavy atom. The smallest absolute Gasteiger partial charge is 0.123 e. The van der Waals surface area contributed by atoms with Gasteiger partial charge in [0.25, 0.3) is 0 Å². The van der Waals surface area contributed by atoms with Crippen molar-refractivity contribution in [1.29, 1.82) is 0 Å². The summed E-state index contributed by atoms with van der Waals surface area (Å²) in [5.74, 6) is 0.535. The molecule has 0 aliphatic rings. The summed E-state index contributed by atoms with van der Waals surface area (Å²) in [5, 5.41) is 5.48. The number of halogens is 2. The summed E-state index contributed by atoms with van der Waals surface area (Å²) in [7, 11) is 0. The minimum Gasteiger partial charge on any atom is -0.384 e. The lowest BCUT2D eigenvalue weighted by molar-refractivity contribution is 0.861. The number of rotatable bonds is 6. The molecule has 0 saturated heterocycles. The van der Waals surface area contributed by atoms with Gasteiger partial charge in [0, 0.05) is 53.4 Å². The van der Waals surface area contributed by atoms with E-state index in [9.17, 15) is 0 Å². The van der Waals surface area contributed by atoms with Crippen molar-refractivity contribution in [1.82, 2.24) is 20.3 Å². The van der Waals surface area contributed by atoms with E-state index in [0.29, 0.717) is 28.8 Å². The van der Waals surface area contributed by atoms with Crippen molar-refractivity contribution in [2.75, 3.05) is 5.73 Å². The van der Waals surface area contributed by atoms with Crippen LogP contribution in [0.25, 0.3) is 16.6 Å². The van der Waals surface area contributed by atoms with Gasteiger partial charge in [-0.25, -0.2) is 4.98 Å². The van der Waals surface area contributed by atoms with Crippen LogP contribution in [0.15, 0.2) is 55.4 Å². The fourth-order valence-corrected chi connectivity index (χ4v) is 4.23. The summed E-state index contributed by atoms with van der Waals surface area (Å²) in [6.45, 7) is 8.82. The molecule has 32 heavy (non-hydrogen) atoms. The molecule has 0 bridgehead atoms. The molecule has 0 atom stereocenters. The van der Waals surface area contributed by atoms with Crippen LogP contribution in [0.3, 0.4) is 0 Å². The van der Waals surface area contributed by atoms with Gasteiger partial charge in [-0.3, -0.25) is 9.97 Å². The number of nitrogens with one attached hydrogen (secondary N) is 1. The Bertz CT molecular complexity index is 1310. The molecule has 7 heteroatoms. The quantitative estimate of drug-likeness (QED) is 0.373. The predicted octanol–water partition coefficient (Wildman–Crippen LogP) is 5.88. The molecule has 0 aliphatic heterocycles. The van der Waals surface area contributed by atoms with Gasteiger partial charge in [0.1, 0.15) is 5.82 Å². The standard InChI is InChI=1S/C25H23Cl2N5/c1-14-6-24(28)32-16(3)22(14)13-30-15(2)18-4-5-29-21(11-18)8-17-7-19-10-20(26)12-31-25(19)23(27)9-17/h4-7,9-12,30H,2,8,13H2,1,3H3,(H2,28,32). The Hall–Kier alpha value is -3.15. The fourth-order valence-electron chi connectivity index (χ4n) is 3.76. The number of hydrogen-bond acceptors (Lipinski definition) is 5. The average Bonchev–Trinajstić information content (AvgIpc) is 2.72. The second-order valence-electron chi connectivity index (χ2n) is 7.78. The number of fused-ring (bicyclic) bond motifs is 1. The molecule has 3 aromatic heterocycles. The molecule has 3 heterocycles. The van der Waals surface area contributed by atoms with Crippen LogP contribution in [0.2, 0.25) is 10.0 Å². The van der Waals surface area contributed by atoms with Crippen LogP contribution < -0.4 is 11.1 Å². The number of anilines is 1. The van der Waals surface area contributed by atoms with Gasteiger partial charge in [0.05, 0.1) is 15.6 Å². The summed E-state index contributed by atoms with van der Waals surface area (Å²) in [5.41, 5.74) is 13.5. The first-order chi connectivity index (χ1) is 15.3. The van der Waals surface area contributed by atoms with Gasteiger partial charge in [0.15, 0.2) is 0 Å². The number of nitrogens with zero attached hydrogens (tertiary/aromatic N) is 3. The third-order valence-corrected chi connectivity index (χ3v) is 5.86. The maximum Gasteiger partial charge on any atom is 0.123 e. The number of nitrogens with two attached hydrogens (primary N) is 1. The van der Waals surface area contributed by atoms with E-state index in [0.717, 1.165) is 50.2 Å². The lowest BCUT2D eigenvalue weighted by atomic mass is 10.0. The Kier molecular flexibility index (Phi) is 6.31. The van der Waals surface area contributed by atoms with Crippen molar-refractivity contribution in [3.63, 3.8) is 0 Å². The molecular formula is C25H23Cl2N5. The molecule has 3 N–H and O–H groups in total. The minimum atomic E-state index is 0.535. The van der Waals surface area contributed by atoms with Crippen LogP contribution in [-0.4, -0.2) is 15.0 Å². The van der Waals surface area contributed by atoms with Gasteiger partial charge in [0.2, 0.25) is 0 Å². The lowest BCUT2D eigenvalue weighted by Crippen LogP contribution is -2.14. The first-order valence-electron chi connectivity index (χ1n) is 10.1. The predicted molar refractivity (Wildman–Crippen MR) is 133 cm³/mol. The highest BCUT2D eigenvalue weighted by Crippen LogP contribution is 2.27. The topological polar surface area (TPSA) is 76.7 Å². The van der Waals surface area contributed by atoms with Gasteiger partial charge >= 0.3 is 0 Å². The van der Waals surface area contributed by atoms with Crippen molar-refractivity contribution in [3.8, 4) is 0 Å². The number of hydrogen-bond donors (Lipinski definition) is 2. The largest absolute Gasteiger partial charge is 0.384 e. The molecule has 5 nitrogen and oxygen atoms in total. The van der Waals surface area contributed by atoms with E-state index in [1.54, 1.807) is 12.4 Å². The molecule has 4 rings (SSSR count). The molecule has 0 saturated carbocycles. The van der Waals surface area contributed by atoms with E-state index in [2.05, 4.69) is 26.8 Å². The van der Waals surface area contributed by atoms with Gasteiger partial charge in [-0.2, -0.15) is 0 Å². The normalized spacial score (nSPS) is 11.0. The molecule has 0 unspecified atom stereocenters. The molecule has 0 radical (unpaired) electrons. The van der Waals surface area contributed by atoms with E-state index in [4.69, 9.17) is 28.9 Å². The molecule has 0 aliphatic carbocycles. The van der Waals surface area contributed by atoms with Gasteiger partial charge < -0.3 is 11.1 Å². The SMILES string of the molecule is C=C(NCc1c(C)cc(N)nc1C)c1ccnc(Cc2cc(Cl)c3ncc(Cl)cc3c2)c1. The zero-order valence-corrected chi connectivity index (χ0v) is 19.4. The first-order valence-corrected chi connectivity index (χ1v) is 10.9. The van der Waals surface area contributed by atoms with Crippen molar-refractivity contribution in [2.24, 2.45) is 0 Å². The zero-order valence-electron chi connectivity index (χ0n) is 17.9. The molecule has 162 valence electrons. The van der Waals surface area contributed by atoms with E-state index in [1.807, 2.05) is 50.2 Å². The first kappa shape index (κ1) is 22.1. The summed E-state index contributed by atoms with van der Waals surface area (Å²) in [6.07, 6.45) is 4.02. The van der Waals surface area contributed by atoms with Gasteiger partial charge in [-0.05, 0) is 66.9 Å². The summed E-state index contributed by atoms with van der Waals surface area (Å²) >= 11 is 12.5. The van der Waals surface area contributed by atoms with Crippen LogP contribution in [0.4, 0.5) is 5.82 Å².